The SMILES string of the molecule is CCCCCCCCCCCCCCOc1cc(C(=O)Nc2ccc(CN3C=C(C)SC3)cc2)ccc1OC. The van der Waals surface area contributed by atoms with Gasteiger partial charge in [-0.25, -0.2) is 0 Å². The zero-order chi connectivity index (χ0) is 27.7. The van der Waals surface area contributed by atoms with Crippen molar-refractivity contribution in [3.05, 3.63) is 64.7 Å². The van der Waals surface area contributed by atoms with Crippen molar-refractivity contribution in [1.82, 2.24) is 4.90 Å². The van der Waals surface area contributed by atoms with E-state index in [0.29, 0.717) is 23.7 Å². The van der Waals surface area contributed by atoms with Gasteiger partial charge in [0, 0.05) is 24.0 Å². The van der Waals surface area contributed by atoms with Crippen LogP contribution in [0.4, 0.5) is 5.69 Å². The summed E-state index contributed by atoms with van der Waals surface area (Å²) in [6.07, 6.45) is 17.9. The normalized spacial score (nSPS) is 12.9. The van der Waals surface area contributed by atoms with Crippen LogP contribution in [0.25, 0.3) is 0 Å². The lowest BCUT2D eigenvalue weighted by Gasteiger charge is -2.15. The number of ether oxygens (including phenoxy) is 2. The number of unbranched alkanes of at least 4 members (excludes halogenated alkanes) is 11. The molecule has 39 heavy (non-hydrogen) atoms. The number of thioether (sulfide) groups is 1. The van der Waals surface area contributed by atoms with Gasteiger partial charge >= 0.3 is 0 Å². The summed E-state index contributed by atoms with van der Waals surface area (Å²) in [5, 5.41) is 3.00. The maximum absolute atomic E-state index is 12.9. The number of benzene rings is 2. The first kappa shape index (κ1) is 30.9. The van der Waals surface area contributed by atoms with E-state index in [-0.39, 0.29) is 5.91 Å². The van der Waals surface area contributed by atoms with Gasteiger partial charge in [0.25, 0.3) is 5.91 Å². The highest BCUT2D eigenvalue weighted by molar-refractivity contribution is 8.03. The molecule has 0 saturated heterocycles. The summed E-state index contributed by atoms with van der Waals surface area (Å²) in [6, 6.07) is 13.4. The van der Waals surface area contributed by atoms with E-state index in [0.717, 1.165) is 24.5 Å². The van der Waals surface area contributed by atoms with Crippen LogP contribution in [-0.2, 0) is 6.54 Å². The largest absolute Gasteiger partial charge is 0.493 e. The van der Waals surface area contributed by atoms with Crippen molar-refractivity contribution in [3.8, 4) is 11.5 Å². The van der Waals surface area contributed by atoms with Crippen LogP contribution in [0.5, 0.6) is 11.5 Å². The van der Waals surface area contributed by atoms with Crippen LogP contribution in [-0.4, -0.2) is 30.4 Å². The molecule has 0 fully saturated rings. The molecule has 1 heterocycles. The van der Waals surface area contributed by atoms with E-state index in [1.54, 1.807) is 25.3 Å². The Bertz CT molecular complexity index is 1020. The number of carbonyl (C=O) groups excluding carboxylic acids is 1. The van der Waals surface area contributed by atoms with E-state index in [9.17, 15) is 4.79 Å². The molecule has 0 spiro atoms. The Morgan fingerprint density at radius 1 is 0.872 bits per heavy atom. The number of hydrogen-bond donors (Lipinski definition) is 1. The van der Waals surface area contributed by atoms with Crippen LogP contribution in [0.15, 0.2) is 53.6 Å². The summed E-state index contributed by atoms with van der Waals surface area (Å²) in [4.78, 5) is 16.6. The topological polar surface area (TPSA) is 50.8 Å². The van der Waals surface area contributed by atoms with Crippen LogP contribution in [0, 0.1) is 0 Å². The Morgan fingerprint density at radius 2 is 1.51 bits per heavy atom. The number of anilines is 1. The fourth-order valence-electron chi connectivity index (χ4n) is 4.79. The lowest BCUT2D eigenvalue weighted by atomic mass is 10.1. The molecular formula is C33H48N2O3S. The van der Waals surface area contributed by atoms with E-state index in [1.807, 2.05) is 23.9 Å². The molecule has 214 valence electrons. The molecule has 0 aromatic heterocycles. The predicted molar refractivity (Wildman–Crippen MR) is 166 cm³/mol. The predicted octanol–water partition coefficient (Wildman–Crippen LogP) is 9.39. The Morgan fingerprint density at radius 3 is 2.10 bits per heavy atom. The second-order valence-electron chi connectivity index (χ2n) is 10.5. The molecule has 1 N–H and O–H groups in total. The Labute approximate surface area is 240 Å². The monoisotopic (exact) mass is 552 g/mol. The average Bonchev–Trinajstić information content (AvgIpc) is 3.36. The third-order valence-corrected chi connectivity index (χ3v) is 8.12. The van der Waals surface area contributed by atoms with Crippen molar-refractivity contribution >= 4 is 23.4 Å². The Kier molecular flexibility index (Phi) is 14.2. The lowest BCUT2D eigenvalue weighted by molar-refractivity contribution is 0.102. The van der Waals surface area contributed by atoms with Crippen LogP contribution < -0.4 is 14.8 Å². The minimum absolute atomic E-state index is 0.157. The zero-order valence-electron chi connectivity index (χ0n) is 24.3. The van der Waals surface area contributed by atoms with Gasteiger partial charge in [-0.1, -0.05) is 89.7 Å². The third-order valence-electron chi connectivity index (χ3n) is 7.10. The van der Waals surface area contributed by atoms with Gasteiger partial charge in [-0.3, -0.25) is 4.79 Å². The maximum Gasteiger partial charge on any atom is 0.255 e. The smallest absolute Gasteiger partial charge is 0.255 e. The molecule has 0 saturated carbocycles. The summed E-state index contributed by atoms with van der Waals surface area (Å²) in [5.74, 6) is 2.11. The molecular weight excluding hydrogens is 504 g/mol. The highest BCUT2D eigenvalue weighted by Crippen LogP contribution is 2.29. The van der Waals surface area contributed by atoms with Crippen molar-refractivity contribution in [2.24, 2.45) is 0 Å². The molecule has 0 aliphatic carbocycles. The molecule has 5 nitrogen and oxygen atoms in total. The van der Waals surface area contributed by atoms with Gasteiger partial charge in [0.15, 0.2) is 11.5 Å². The fourth-order valence-corrected chi connectivity index (χ4v) is 5.55. The van der Waals surface area contributed by atoms with Gasteiger partial charge < -0.3 is 19.7 Å². The minimum atomic E-state index is -0.157. The van der Waals surface area contributed by atoms with E-state index in [1.165, 1.54) is 81.1 Å². The first-order chi connectivity index (χ1) is 19.1. The highest BCUT2D eigenvalue weighted by Gasteiger charge is 2.13. The third kappa shape index (κ3) is 11.6. The van der Waals surface area contributed by atoms with Gasteiger partial charge in [-0.15, -0.1) is 11.8 Å². The minimum Gasteiger partial charge on any atom is -0.493 e. The van der Waals surface area contributed by atoms with Gasteiger partial charge in [-0.2, -0.15) is 0 Å². The van der Waals surface area contributed by atoms with Crippen molar-refractivity contribution in [1.29, 1.82) is 0 Å². The Balaban J connectivity index is 1.36. The van der Waals surface area contributed by atoms with Crippen molar-refractivity contribution in [2.45, 2.75) is 97.4 Å². The molecule has 0 radical (unpaired) electrons. The number of carbonyl (C=O) groups is 1. The van der Waals surface area contributed by atoms with Crippen molar-refractivity contribution in [3.63, 3.8) is 0 Å². The van der Waals surface area contributed by atoms with Crippen LogP contribution in [0.3, 0.4) is 0 Å². The number of amides is 1. The maximum atomic E-state index is 12.9. The molecule has 0 bridgehead atoms. The number of allylic oxidation sites excluding steroid dienone is 1. The molecule has 1 aliphatic rings. The molecule has 2 aromatic carbocycles. The summed E-state index contributed by atoms with van der Waals surface area (Å²) < 4.78 is 11.5. The van der Waals surface area contributed by atoms with Crippen LogP contribution in [0.1, 0.15) is 107 Å². The molecule has 3 rings (SSSR count). The molecule has 0 unspecified atom stereocenters. The number of nitrogens with one attached hydrogen (secondary N) is 1. The first-order valence-electron chi connectivity index (χ1n) is 14.9. The van der Waals surface area contributed by atoms with E-state index >= 15 is 0 Å². The summed E-state index contributed by atoms with van der Waals surface area (Å²) in [5.41, 5.74) is 2.55. The Hall–Kier alpha value is -2.60. The summed E-state index contributed by atoms with van der Waals surface area (Å²) in [7, 11) is 1.63. The number of hydrogen-bond acceptors (Lipinski definition) is 5. The highest BCUT2D eigenvalue weighted by atomic mass is 32.2. The molecule has 1 aliphatic heterocycles. The zero-order valence-corrected chi connectivity index (χ0v) is 25.1. The first-order valence-corrected chi connectivity index (χ1v) is 15.8. The fraction of sp³-hybridized carbons (Fsp3) is 0.545. The van der Waals surface area contributed by atoms with E-state index in [4.69, 9.17) is 9.47 Å². The van der Waals surface area contributed by atoms with Crippen molar-refractivity contribution < 1.29 is 14.3 Å². The number of rotatable bonds is 19. The number of methoxy groups -OCH3 is 1. The van der Waals surface area contributed by atoms with Crippen molar-refractivity contribution in [2.75, 3.05) is 24.9 Å². The summed E-state index contributed by atoms with van der Waals surface area (Å²) in [6.45, 7) is 5.91. The molecule has 2 aromatic rings. The second kappa shape index (κ2) is 17.9. The van der Waals surface area contributed by atoms with Gasteiger partial charge in [0.2, 0.25) is 0 Å². The second-order valence-corrected chi connectivity index (χ2v) is 11.7. The van der Waals surface area contributed by atoms with Gasteiger partial charge in [0.1, 0.15) is 0 Å². The average molecular weight is 553 g/mol. The summed E-state index contributed by atoms with van der Waals surface area (Å²) >= 11 is 1.86. The van der Waals surface area contributed by atoms with Crippen LogP contribution in [0.2, 0.25) is 0 Å². The molecule has 6 heteroatoms. The van der Waals surface area contributed by atoms with E-state index < -0.39 is 0 Å². The van der Waals surface area contributed by atoms with E-state index in [2.05, 4.69) is 42.4 Å². The lowest BCUT2D eigenvalue weighted by Crippen LogP contribution is -2.14. The quantitative estimate of drug-likeness (QED) is 0.176. The standard InChI is InChI=1S/C33H48N2O3S/c1-4-5-6-7-8-9-10-11-12-13-14-15-22-38-32-23-29(18-21-31(32)37-3)33(36)34-30-19-16-28(17-20-30)25-35-24-27(2)39-26-35/h16-21,23-24H,4-15,22,25-26H2,1-3H3,(H,34,36). The van der Waals surface area contributed by atoms with Crippen LogP contribution >= 0.6 is 11.8 Å². The molecule has 0 atom stereocenters. The number of nitrogens with zero attached hydrogens (tertiary/aromatic N) is 1. The van der Waals surface area contributed by atoms with Gasteiger partial charge in [-0.05, 0) is 54.1 Å². The molecule has 1 amide bonds. The van der Waals surface area contributed by atoms with Gasteiger partial charge in [0.05, 0.1) is 19.6 Å².